The number of aliphatic hydroxyl groups is 2. The van der Waals surface area contributed by atoms with E-state index in [9.17, 15) is 24.6 Å². The van der Waals surface area contributed by atoms with Crippen LogP contribution in [0.25, 0.3) is 0 Å². The van der Waals surface area contributed by atoms with Crippen molar-refractivity contribution in [3.8, 4) is 0 Å². The minimum Gasteiger partial charge on any atom is -0.463 e. The molecular weight excluding hydrogens is 504 g/mol. The lowest BCUT2D eigenvalue weighted by molar-refractivity contribution is -0.300. The van der Waals surface area contributed by atoms with Crippen molar-refractivity contribution in [3.63, 3.8) is 0 Å². The first kappa shape index (κ1) is 28.6. The van der Waals surface area contributed by atoms with Gasteiger partial charge in [0.15, 0.2) is 12.2 Å². The third-order valence-corrected chi connectivity index (χ3v) is 11.1. The molecule has 2 N–H and O–H groups in total. The number of aliphatic hydroxyl groups excluding tert-OH is 2. The highest BCUT2D eigenvalue weighted by Gasteiger charge is 2.65. The second-order valence-corrected chi connectivity index (χ2v) is 13.4. The summed E-state index contributed by atoms with van der Waals surface area (Å²) in [5.74, 6) is -0.441. The monoisotopic (exact) mass is 548 g/mol. The quantitative estimate of drug-likeness (QED) is 0.302. The van der Waals surface area contributed by atoms with E-state index in [1.54, 1.807) is 0 Å². The number of allylic oxidation sites excluding steroid dienone is 1. The van der Waals surface area contributed by atoms with Crippen molar-refractivity contribution in [2.24, 2.45) is 34.0 Å². The van der Waals surface area contributed by atoms with Crippen LogP contribution in [-0.4, -0.2) is 65.4 Å². The van der Waals surface area contributed by atoms with E-state index in [4.69, 9.17) is 18.9 Å². The van der Waals surface area contributed by atoms with Crippen LogP contribution in [-0.2, 0) is 33.3 Å². The predicted molar refractivity (Wildman–Crippen MR) is 139 cm³/mol. The molecule has 2 bridgehead atoms. The van der Waals surface area contributed by atoms with E-state index in [0.29, 0.717) is 23.7 Å². The second kappa shape index (κ2) is 10.1. The lowest BCUT2D eigenvalue weighted by atomic mass is 9.41. The van der Waals surface area contributed by atoms with E-state index in [0.717, 1.165) is 39.0 Å². The Morgan fingerprint density at radius 2 is 1.72 bits per heavy atom. The Bertz CT molecular complexity index is 1030. The largest absolute Gasteiger partial charge is 0.463 e. The lowest BCUT2D eigenvalue weighted by Crippen LogP contribution is -2.62. The molecule has 1 heterocycles. The molecule has 0 aromatic rings. The maximum atomic E-state index is 14.0. The molecule has 0 aromatic carbocycles. The average molecular weight is 549 g/mol. The minimum atomic E-state index is -1.60. The summed E-state index contributed by atoms with van der Waals surface area (Å²) in [6.07, 6.45) is 2.27. The van der Waals surface area contributed by atoms with Gasteiger partial charge in [-0.15, -0.1) is 0 Å². The zero-order chi connectivity index (χ0) is 28.3. The van der Waals surface area contributed by atoms with Gasteiger partial charge in [-0.2, -0.15) is 0 Å². The number of ether oxygens (including phenoxy) is 4. The van der Waals surface area contributed by atoms with Gasteiger partial charge in [0.1, 0.15) is 18.8 Å². The highest BCUT2D eigenvalue weighted by atomic mass is 16.7. The molecule has 0 amide bonds. The molecule has 1 saturated heterocycles. The molecule has 11 atom stereocenters. The van der Waals surface area contributed by atoms with Gasteiger partial charge in [-0.05, 0) is 86.9 Å². The van der Waals surface area contributed by atoms with Gasteiger partial charge in [0.2, 0.25) is 6.29 Å². The van der Waals surface area contributed by atoms with Crippen LogP contribution >= 0.6 is 0 Å². The molecule has 39 heavy (non-hydrogen) atoms. The van der Waals surface area contributed by atoms with Crippen LogP contribution in [0.3, 0.4) is 0 Å². The number of esters is 3. The van der Waals surface area contributed by atoms with Crippen LogP contribution in [0.1, 0.15) is 85.5 Å². The first-order chi connectivity index (χ1) is 18.3. The topological polar surface area (TPSA) is 129 Å². The number of hydrogen-bond acceptors (Lipinski definition) is 9. The van der Waals surface area contributed by atoms with E-state index in [2.05, 4.69) is 13.5 Å². The summed E-state index contributed by atoms with van der Waals surface area (Å²) in [5, 5.41) is 21.6. The molecule has 4 saturated carbocycles. The summed E-state index contributed by atoms with van der Waals surface area (Å²) in [5.41, 5.74) is 0.935. The van der Waals surface area contributed by atoms with Crippen LogP contribution in [0.4, 0.5) is 0 Å². The Morgan fingerprint density at radius 3 is 2.41 bits per heavy atom. The summed E-state index contributed by atoms with van der Waals surface area (Å²) in [4.78, 5) is 37.1. The summed E-state index contributed by atoms with van der Waals surface area (Å²) < 4.78 is 21.8. The number of fused-ring (bicyclic) bond motifs is 3. The van der Waals surface area contributed by atoms with Crippen molar-refractivity contribution in [2.75, 3.05) is 6.61 Å². The third-order valence-electron chi connectivity index (χ3n) is 11.1. The molecule has 4 aliphatic carbocycles. The summed E-state index contributed by atoms with van der Waals surface area (Å²) in [6, 6.07) is 0. The van der Waals surface area contributed by atoms with Crippen molar-refractivity contribution in [2.45, 2.75) is 116 Å². The zero-order valence-electron chi connectivity index (χ0n) is 23.6. The maximum Gasteiger partial charge on any atom is 0.314 e. The molecular formula is C30H44O9. The molecule has 5 fully saturated rings. The van der Waals surface area contributed by atoms with Gasteiger partial charge in [0.05, 0.1) is 5.41 Å². The minimum absolute atomic E-state index is 0.000229. The molecule has 1 aliphatic heterocycles. The van der Waals surface area contributed by atoms with Crippen molar-refractivity contribution in [1.29, 1.82) is 0 Å². The fourth-order valence-corrected chi connectivity index (χ4v) is 9.51. The second-order valence-electron chi connectivity index (χ2n) is 13.4. The van der Waals surface area contributed by atoms with Crippen molar-refractivity contribution >= 4 is 17.9 Å². The number of hydrogen-bond donors (Lipinski definition) is 2. The maximum absolute atomic E-state index is 14.0. The molecule has 0 aromatic heterocycles. The van der Waals surface area contributed by atoms with Crippen LogP contribution in [0.5, 0.6) is 0 Å². The highest BCUT2D eigenvalue weighted by Crippen LogP contribution is 2.72. The summed E-state index contributed by atoms with van der Waals surface area (Å²) >= 11 is 0. The fourth-order valence-electron chi connectivity index (χ4n) is 9.51. The first-order valence-corrected chi connectivity index (χ1v) is 14.5. The van der Waals surface area contributed by atoms with Crippen molar-refractivity contribution in [1.82, 2.24) is 0 Å². The van der Waals surface area contributed by atoms with Gasteiger partial charge in [0.25, 0.3) is 0 Å². The van der Waals surface area contributed by atoms with Crippen LogP contribution in [0.15, 0.2) is 12.2 Å². The van der Waals surface area contributed by atoms with E-state index in [1.807, 2.05) is 6.92 Å². The predicted octanol–water partition coefficient (Wildman–Crippen LogP) is 3.44. The Balaban J connectivity index is 1.36. The molecule has 9 nitrogen and oxygen atoms in total. The van der Waals surface area contributed by atoms with E-state index in [-0.39, 0.29) is 17.9 Å². The fraction of sp³-hybridized carbons (Fsp3) is 0.833. The zero-order valence-corrected chi connectivity index (χ0v) is 23.6. The van der Waals surface area contributed by atoms with Crippen LogP contribution < -0.4 is 0 Å². The van der Waals surface area contributed by atoms with E-state index in [1.165, 1.54) is 31.8 Å². The molecule has 218 valence electrons. The van der Waals surface area contributed by atoms with Gasteiger partial charge < -0.3 is 29.2 Å². The van der Waals surface area contributed by atoms with Crippen LogP contribution in [0, 0.1) is 34.0 Å². The number of rotatable bonds is 5. The third kappa shape index (κ3) is 4.72. The number of carbonyl (C=O) groups excluding carboxylic acids is 3. The Labute approximate surface area is 230 Å². The van der Waals surface area contributed by atoms with Gasteiger partial charge in [-0.3, -0.25) is 14.4 Å². The Kier molecular flexibility index (Phi) is 7.42. The normalized spacial score (nSPS) is 47.0. The Morgan fingerprint density at radius 1 is 0.974 bits per heavy atom. The van der Waals surface area contributed by atoms with Gasteiger partial charge in [-0.25, -0.2) is 0 Å². The highest BCUT2D eigenvalue weighted by molar-refractivity contribution is 5.77. The van der Waals surface area contributed by atoms with E-state index < -0.39 is 54.0 Å². The lowest BCUT2D eigenvalue weighted by Gasteiger charge is -2.63. The summed E-state index contributed by atoms with van der Waals surface area (Å²) in [6.45, 7) is 10.8. The SMILES string of the molecule is C=C1C[C@@]23CC[C@@H]4[C@@](C)(CCC[C@]4(C)C(=O)O[C@@H]4O[C@H](COC(C)=O)[C@@H](O)[C@H](OC(C)=O)[C@H]4O)[C@H]2CC[C@@H]1C3. The number of carbonyl (C=O) groups is 3. The van der Waals surface area contributed by atoms with Crippen LogP contribution in [0.2, 0.25) is 0 Å². The first-order valence-electron chi connectivity index (χ1n) is 14.5. The standard InChI is InChI=1S/C30H44O9/c1-16-13-30-12-9-21-28(4,22(30)8-7-19(16)14-30)10-6-11-29(21,5)27(35)39-26-24(34)25(37-18(3)32)23(33)20(38-26)15-36-17(2)31/h19-26,33-34H,1,6-15H2,2-5H3/t19-,20-,21-,22-,23-,24-,25+,26+,28-,29+,30-/m1/s1. The molecule has 5 aliphatic rings. The van der Waals surface area contributed by atoms with Crippen molar-refractivity contribution in [3.05, 3.63) is 12.2 Å². The molecule has 1 spiro atoms. The summed E-state index contributed by atoms with van der Waals surface area (Å²) in [7, 11) is 0. The smallest absolute Gasteiger partial charge is 0.314 e. The molecule has 9 heteroatoms. The molecule has 0 radical (unpaired) electrons. The molecule has 5 rings (SSSR count). The van der Waals surface area contributed by atoms with E-state index >= 15 is 0 Å². The van der Waals surface area contributed by atoms with Crippen molar-refractivity contribution < 1.29 is 43.5 Å². The average Bonchev–Trinajstić information content (AvgIpc) is 3.09. The van der Waals surface area contributed by atoms with Gasteiger partial charge in [-0.1, -0.05) is 25.5 Å². The molecule has 0 unspecified atom stereocenters. The Hall–Kier alpha value is -1.97. The van der Waals surface area contributed by atoms with Gasteiger partial charge >= 0.3 is 17.9 Å². The van der Waals surface area contributed by atoms with Gasteiger partial charge in [0, 0.05) is 13.8 Å².